The van der Waals surface area contributed by atoms with Gasteiger partial charge in [-0.1, -0.05) is 24.3 Å². The minimum Gasteiger partial charge on any atom is -0.356 e. The van der Waals surface area contributed by atoms with Gasteiger partial charge in [0.15, 0.2) is 5.65 Å². The molecule has 30 heavy (non-hydrogen) atoms. The van der Waals surface area contributed by atoms with E-state index in [4.69, 9.17) is 0 Å². The largest absolute Gasteiger partial charge is 0.356 e. The summed E-state index contributed by atoms with van der Waals surface area (Å²) in [5, 5.41) is 7.17. The highest BCUT2D eigenvalue weighted by Crippen LogP contribution is 2.27. The molecule has 4 aromatic rings. The molecule has 1 saturated heterocycles. The Bertz CT molecular complexity index is 1250. The minimum absolute atomic E-state index is 0.0854. The summed E-state index contributed by atoms with van der Waals surface area (Å²) in [5.74, 6) is 0.835. The standard InChI is InChI=1S/C20H20N6O2S2/c27-30(28,18-7-4-12-29-18)24-15-8-10-25(11-9-15)19-17-13-23-26(20(17)22-14-21-19)16-5-2-1-3-6-16/h1-7,12-15,24H,8-11H2. The average Bonchev–Trinajstić information content (AvgIpc) is 3.45. The maximum Gasteiger partial charge on any atom is 0.250 e. The number of rotatable bonds is 5. The van der Waals surface area contributed by atoms with Crippen molar-refractivity contribution in [1.29, 1.82) is 0 Å². The Labute approximate surface area is 178 Å². The SMILES string of the molecule is O=S(=O)(NC1CCN(c2ncnc3c2cnn3-c2ccccc2)CC1)c1cccs1. The van der Waals surface area contributed by atoms with E-state index in [9.17, 15) is 8.42 Å². The van der Waals surface area contributed by atoms with Crippen LogP contribution in [-0.4, -0.2) is 47.3 Å². The highest BCUT2D eigenvalue weighted by atomic mass is 32.2. The predicted molar refractivity (Wildman–Crippen MR) is 117 cm³/mol. The predicted octanol–water partition coefficient (Wildman–Crippen LogP) is 2.82. The Balaban J connectivity index is 1.34. The fourth-order valence-electron chi connectivity index (χ4n) is 3.74. The summed E-state index contributed by atoms with van der Waals surface area (Å²) in [6.45, 7) is 1.42. The highest BCUT2D eigenvalue weighted by molar-refractivity contribution is 7.91. The molecule has 5 rings (SSSR count). The average molecular weight is 441 g/mol. The van der Waals surface area contributed by atoms with Gasteiger partial charge < -0.3 is 4.90 Å². The van der Waals surface area contributed by atoms with E-state index in [-0.39, 0.29) is 6.04 Å². The van der Waals surface area contributed by atoms with Crippen LogP contribution in [0.4, 0.5) is 5.82 Å². The van der Waals surface area contributed by atoms with Crippen LogP contribution in [0.15, 0.2) is 64.6 Å². The van der Waals surface area contributed by atoms with E-state index < -0.39 is 10.0 Å². The Morgan fingerprint density at radius 2 is 1.83 bits per heavy atom. The molecule has 0 radical (unpaired) electrons. The summed E-state index contributed by atoms with van der Waals surface area (Å²) in [6.07, 6.45) is 4.78. The van der Waals surface area contributed by atoms with Crippen molar-refractivity contribution in [3.8, 4) is 5.69 Å². The molecule has 3 aromatic heterocycles. The lowest BCUT2D eigenvalue weighted by Gasteiger charge is -2.33. The number of para-hydroxylation sites is 1. The van der Waals surface area contributed by atoms with Gasteiger partial charge in [0, 0.05) is 19.1 Å². The fraction of sp³-hybridized carbons (Fsp3) is 0.250. The molecule has 10 heteroatoms. The van der Waals surface area contributed by atoms with Gasteiger partial charge in [0.1, 0.15) is 16.4 Å². The van der Waals surface area contributed by atoms with Gasteiger partial charge in [0.05, 0.1) is 17.3 Å². The summed E-state index contributed by atoms with van der Waals surface area (Å²) in [7, 11) is -3.45. The second-order valence-corrected chi connectivity index (χ2v) is 10.0. The number of piperidine rings is 1. The zero-order valence-corrected chi connectivity index (χ0v) is 17.7. The topological polar surface area (TPSA) is 93.0 Å². The number of aromatic nitrogens is 4. The van der Waals surface area contributed by atoms with E-state index in [0.717, 1.165) is 22.5 Å². The van der Waals surface area contributed by atoms with Crippen LogP contribution < -0.4 is 9.62 Å². The van der Waals surface area contributed by atoms with Crippen molar-refractivity contribution < 1.29 is 8.42 Å². The van der Waals surface area contributed by atoms with Crippen LogP contribution in [0.3, 0.4) is 0 Å². The Hall–Kier alpha value is -2.82. The monoisotopic (exact) mass is 440 g/mol. The molecule has 1 fully saturated rings. The molecule has 0 saturated carbocycles. The van der Waals surface area contributed by atoms with Crippen molar-refractivity contribution in [3.05, 3.63) is 60.4 Å². The lowest BCUT2D eigenvalue weighted by atomic mass is 10.1. The number of nitrogens with one attached hydrogen (secondary N) is 1. The third-order valence-electron chi connectivity index (χ3n) is 5.22. The number of thiophene rings is 1. The van der Waals surface area contributed by atoms with Crippen LogP contribution >= 0.6 is 11.3 Å². The number of benzene rings is 1. The maximum atomic E-state index is 12.5. The normalized spacial score (nSPS) is 15.7. The molecule has 1 aliphatic heterocycles. The van der Waals surface area contributed by atoms with Crippen molar-refractivity contribution in [2.45, 2.75) is 23.1 Å². The van der Waals surface area contributed by atoms with Gasteiger partial charge >= 0.3 is 0 Å². The van der Waals surface area contributed by atoms with Gasteiger partial charge in [-0.3, -0.25) is 0 Å². The molecule has 0 spiro atoms. The summed E-state index contributed by atoms with van der Waals surface area (Å²) < 4.78 is 30.0. The van der Waals surface area contributed by atoms with E-state index in [1.807, 2.05) is 35.0 Å². The Kier molecular flexibility index (Phi) is 4.97. The maximum absolute atomic E-state index is 12.5. The van der Waals surface area contributed by atoms with Crippen molar-refractivity contribution in [2.24, 2.45) is 0 Å². The first-order valence-electron chi connectivity index (χ1n) is 9.67. The van der Waals surface area contributed by atoms with Crippen LogP contribution in [0.1, 0.15) is 12.8 Å². The van der Waals surface area contributed by atoms with Crippen molar-refractivity contribution >= 4 is 38.2 Å². The van der Waals surface area contributed by atoms with Gasteiger partial charge in [0.2, 0.25) is 10.0 Å². The molecule has 0 bridgehead atoms. The lowest BCUT2D eigenvalue weighted by Crippen LogP contribution is -2.44. The molecule has 1 aromatic carbocycles. The highest BCUT2D eigenvalue weighted by Gasteiger charge is 2.27. The summed E-state index contributed by atoms with van der Waals surface area (Å²) in [4.78, 5) is 11.1. The van der Waals surface area contributed by atoms with E-state index in [2.05, 4.69) is 24.7 Å². The summed E-state index contributed by atoms with van der Waals surface area (Å²) >= 11 is 1.23. The molecule has 0 unspecified atom stereocenters. The Morgan fingerprint density at radius 3 is 2.57 bits per heavy atom. The molecule has 0 atom stereocenters. The molecule has 8 nitrogen and oxygen atoms in total. The first-order chi connectivity index (χ1) is 14.6. The molecule has 0 amide bonds. The fourth-order valence-corrected chi connectivity index (χ4v) is 6.06. The van der Waals surface area contributed by atoms with Gasteiger partial charge in [-0.05, 0) is 36.4 Å². The second-order valence-electron chi connectivity index (χ2n) is 7.14. The first kappa shape index (κ1) is 19.2. The van der Waals surface area contributed by atoms with Crippen LogP contribution in [-0.2, 0) is 10.0 Å². The molecule has 1 N–H and O–H groups in total. The molecule has 154 valence electrons. The molecule has 1 aliphatic rings. The van der Waals surface area contributed by atoms with Gasteiger partial charge in [-0.25, -0.2) is 27.8 Å². The van der Waals surface area contributed by atoms with Crippen molar-refractivity contribution in [2.75, 3.05) is 18.0 Å². The van der Waals surface area contributed by atoms with E-state index in [0.29, 0.717) is 30.1 Å². The zero-order chi connectivity index (χ0) is 20.6. The number of nitrogens with zero attached hydrogens (tertiary/aromatic N) is 5. The smallest absolute Gasteiger partial charge is 0.250 e. The molecular weight excluding hydrogens is 420 g/mol. The third-order valence-corrected chi connectivity index (χ3v) is 8.14. The molecule has 0 aliphatic carbocycles. The second kappa shape index (κ2) is 7.78. The van der Waals surface area contributed by atoms with Gasteiger partial charge in [-0.2, -0.15) is 5.10 Å². The third kappa shape index (κ3) is 3.57. The molecule has 4 heterocycles. The molecular formula is C20H20N6O2S2. The van der Waals surface area contributed by atoms with Crippen LogP contribution in [0.2, 0.25) is 0 Å². The van der Waals surface area contributed by atoms with Gasteiger partial charge in [-0.15, -0.1) is 11.3 Å². The number of sulfonamides is 1. The number of fused-ring (bicyclic) bond motifs is 1. The van der Waals surface area contributed by atoms with Crippen LogP contribution in [0, 0.1) is 0 Å². The number of hydrogen-bond donors (Lipinski definition) is 1. The van der Waals surface area contributed by atoms with E-state index in [1.54, 1.807) is 30.0 Å². The quantitative estimate of drug-likeness (QED) is 0.513. The Morgan fingerprint density at radius 1 is 1.03 bits per heavy atom. The number of hydrogen-bond acceptors (Lipinski definition) is 7. The van der Waals surface area contributed by atoms with Crippen LogP contribution in [0.25, 0.3) is 16.7 Å². The zero-order valence-electron chi connectivity index (χ0n) is 16.0. The summed E-state index contributed by atoms with van der Waals surface area (Å²) in [5.41, 5.74) is 1.70. The van der Waals surface area contributed by atoms with Crippen LogP contribution in [0.5, 0.6) is 0 Å². The van der Waals surface area contributed by atoms with Crippen molar-refractivity contribution in [1.82, 2.24) is 24.5 Å². The number of anilines is 1. The first-order valence-corrected chi connectivity index (χ1v) is 12.0. The van der Waals surface area contributed by atoms with E-state index in [1.165, 1.54) is 11.3 Å². The van der Waals surface area contributed by atoms with Crippen molar-refractivity contribution in [3.63, 3.8) is 0 Å². The van der Waals surface area contributed by atoms with Gasteiger partial charge in [0.25, 0.3) is 0 Å². The summed E-state index contributed by atoms with van der Waals surface area (Å²) in [6, 6.07) is 13.2. The lowest BCUT2D eigenvalue weighted by molar-refractivity contribution is 0.459. The minimum atomic E-state index is -3.45. The van der Waals surface area contributed by atoms with E-state index >= 15 is 0 Å².